The molecule has 0 radical (unpaired) electrons. The zero-order valence-corrected chi connectivity index (χ0v) is 36.9. The second-order valence-corrected chi connectivity index (χ2v) is 17.4. The summed E-state index contributed by atoms with van der Waals surface area (Å²) in [4.78, 5) is 68.8. The average molecular weight is 914 g/mol. The number of carboxylic acids is 1. The number of aliphatic carboxylic acids is 1. The highest BCUT2D eigenvalue weighted by molar-refractivity contribution is 8.01. The number of thioether (sulfide) groups is 1. The summed E-state index contributed by atoms with van der Waals surface area (Å²) >= 11 is 7.87. The zero-order valence-electron chi connectivity index (χ0n) is 35.3. The maximum absolute atomic E-state index is 14.6. The number of imide groups is 1. The number of nitrogens with one attached hydrogen (secondary N) is 1. The smallest absolute Gasteiger partial charge is 0.417 e. The predicted octanol–water partition coefficient (Wildman–Crippen LogP) is 5.46. The minimum absolute atomic E-state index is 0.0127. The van der Waals surface area contributed by atoms with Gasteiger partial charge in [-0.1, -0.05) is 78.0 Å². The van der Waals surface area contributed by atoms with Gasteiger partial charge in [-0.15, -0.1) is 15.0 Å². The molecule has 334 valence electrons. The number of benzene rings is 4. The van der Waals surface area contributed by atoms with Gasteiger partial charge in [-0.25, -0.2) is 9.69 Å². The molecule has 2 saturated heterocycles. The van der Waals surface area contributed by atoms with Gasteiger partial charge in [-0.05, 0) is 79.1 Å². The quantitative estimate of drug-likeness (QED) is 0.118. The molecule has 0 saturated carbocycles. The zero-order chi connectivity index (χ0) is 45.8. The largest absolute Gasteiger partial charge is 0.497 e. The number of β-lactam (4-membered cyclic amide) rings is 1. The van der Waals surface area contributed by atoms with E-state index in [0.29, 0.717) is 17.1 Å². The number of tetrazole rings is 1. The maximum atomic E-state index is 14.6. The molecule has 18 nitrogen and oxygen atoms in total. The molecule has 0 bridgehead atoms. The molecule has 1 aromatic heterocycles. The summed E-state index contributed by atoms with van der Waals surface area (Å²) in [6.07, 6.45) is -1.13. The molecule has 3 unspecified atom stereocenters. The van der Waals surface area contributed by atoms with Gasteiger partial charge < -0.3 is 39.0 Å². The van der Waals surface area contributed by atoms with Crippen LogP contribution in [0.4, 0.5) is 4.79 Å². The Morgan fingerprint density at radius 1 is 0.891 bits per heavy atom. The monoisotopic (exact) mass is 913 g/mol. The first kappa shape index (κ1) is 45.2. The number of hydrogen-bond acceptors (Lipinski definition) is 14. The van der Waals surface area contributed by atoms with Gasteiger partial charge in [0.15, 0.2) is 23.4 Å². The van der Waals surface area contributed by atoms with Crippen molar-refractivity contribution in [2.24, 2.45) is 0 Å². The Bertz CT molecular complexity index is 2540. The lowest BCUT2D eigenvalue weighted by atomic mass is 10.0. The molecule has 4 aromatic carbocycles. The van der Waals surface area contributed by atoms with Crippen molar-refractivity contribution in [2.45, 2.75) is 68.8 Å². The second kappa shape index (κ2) is 18.9. The topological polar surface area (TPSA) is 214 Å². The van der Waals surface area contributed by atoms with Crippen LogP contribution in [0.1, 0.15) is 53.6 Å². The highest BCUT2D eigenvalue weighted by Crippen LogP contribution is 2.53. The minimum Gasteiger partial charge on any atom is -0.497 e. The van der Waals surface area contributed by atoms with Gasteiger partial charge in [0.05, 0.1) is 37.8 Å². The van der Waals surface area contributed by atoms with Crippen LogP contribution >= 0.6 is 23.4 Å². The fourth-order valence-corrected chi connectivity index (χ4v) is 8.65. The number of rotatable bonds is 16. The number of nitrogens with zero attached hydrogens (tertiary/aromatic N) is 6. The number of amides is 4. The van der Waals surface area contributed by atoms with Crippen LogP contribution in [-0.4, -0.2) is 103 Å². The molecular formula is C44H44ClN7O11S. The Morgan fingerprint density at radius 3 is 2.11 bits per heavy atom. The van der Waals surface area contributed by atoms with Gasteiger partial charge in [-0.2, -0.15) is 0 Å². The number of carbonyl (C=O) groups excluding carboxylic acids is 4. The molecule has 20 heteroatoms. The third kappa shape index (κ3) is 9.69. The number of fused-ring (bicyclic) bond motifs is 1. The van der Waals surface area contributed by atoms with Crippen molar-refractivity contribution >= 4 is 53.1 Å². The molecule has 4 amide bonds. The van der Waals surface area contributed by atoms with Crippen molar-refractivity contribution in [1.29, 1.82) is 0 Å². The molecule has 0 spiro atoms. The van der Waals surface area contributed by atoms with Gasteiger partial charge in [-0.3, -0.25) is 19.2 Å². The lowest BCUT2D eigenvalue weighted by Gasteiger charge is -2.50. The van der Waals surface area contributed by atoms with Crippen LogP contribution in [0.15, 0.2) is 91.0 Å². The van der Waals surface area contributed by atoms with Crippen LogP contribution in [0.5, 0.6) is 23.0 Å². The van der Waals surface area contributed by atoms with Crippen LogP contribution in [0.25, 0.3) is 0 Å². The summed E-state index contributed by atoms with van der Waals surface area (Å²) in [7, 11) is 3.12. The summed E-state index contributed by atoms with van der Waals surface area (Å²) in [5, 5.41) is 24.2. The minimum atomic E-state index is -1.63. The number of ether oxygens (including phenoxy) is 5. The number of methoxy groups -OCH3 is 2. The first-order chi connectivity index (χ1) is 30.6. The predicted molar refractivity (Wildman–Crippen MR) is 231 cm³/mol. The molecular weight excluding hydrogens is 870 g/mol. The fourth-order valence-electron chi connectivity index (χ4n) is 6.85. The van der Waals surface area contributed by atoms with Crippen LogP contribution in [0.2, 0.25) is 5.02 Å². The summed E-state index contributed by atoms with van der Waals surface area (Å²) in [5.41, 5.74) is 1.03. The van der Waals surface area contributed by atoms with Crippen molar-refractivity contribution < 1.29 is 52.8 Å². The third-order valence-corrected chi connectivity index (χ3v) is 12.0. The Morgan fingerprint density at radius 2 is 1.52 bits per heavy atom. The van der Waals surface area contributed by atoms with Crippen molar-refractivity contribution in [3.63, 3.8) is 0 Å². The molecule has 0 aliphatic carbocycles. The van der Waals surface area contributed by atoms with Gasteiger partial charge in [0.1, 0.15) is 35.6 Å². The lowest BCUT2D eigenvalue weighted by Crippen LogP contribution is -2.76. The Kier molecular flexibility index (Phi) is 13.3. The molecule has 2 fully saturated rings. The number of aromatic nitrogens is 4. The van der Waals surface area contributed by atoms with Crippen LogP contribution in [-0.2, 0) is 50.3 Å². The van der Waals surface area contributed by atoms with E-state index in [0.717, 1.165) is 32.6 Å². The van der Waals surface area contributed by atoms with E-state index in [2.05, 4.69) is 20.7 Å². The normalized spacial score (nSPS) is 17.7. The van der Waals surface area contributed by atoms with Crippen molar-refractivity contribution in [2.75, 3.05) is 20.8 Å². The highest BCUT2D eigenvalue weighted by Gasteiger charge is 2.70. The van der Waals surface area contributed by atoms with E-state index in [1.807, 2.05) is 12.1 Å². The standard InChI is InChI=1S/C44H44ClN7O11S/c1-43(2,3)63-42(58)50(23-34-47-49-52(48-34)44-38(40(55)51(44)22-33(64-44)41(56)57)46-35(53)21-26-9-7-6-8-10-26)39(54)31-19-20-32(61-24-27-11-15-29(59-4)16-12-27)37(36(31)45)62-25-28-13-17-30(60-5)18-14-28/h6-20,33,38H,21-25H2,1-5H3,(H,46,53)(H,56,57). The summed E-state index contributed by atoms with van der Waals surface area (Å²) in [6.45, 7) is 4.18. The fraction of sp³-hybridized carbons (Fsp3) is 0.318. The lowest BCUT2D eigenvalue weighted by molar-refractivity contribution is -0.165. The maximum Gasteiger partial charge on any atom is 0.417 e. The molecule has 64 heavy (non-hydrogen) atoms. The average Bonchev–Trinajstić information content (AvgIpc) is 3.90. The molecule has 5 aromatic rings. The van der Waals surface area contributed by atoms with E-state index < -0.39 is 58.2 Å². The Labute approximate surface area is 376 Å². The van der Waals surface area contributed by atoms with E-state index in [1.165, 1.54) is 17.0 Å². The van der Waals surface area contributed by atoms with Gasteiger partial charge in [0.2, 0.25) is 10.9 Å². The second-order valence-electron chi connectivity index (χ2n) is 15.6. The molecule has 2 aliphatic heterocycles. The number of carbonyl (C=O) groups is 5. The number of halogens is 1. The molecule has 3 heterocycles. The molecule has 2 aliphatic rings. The van der Waals surface area contributed by atoms with Gasteiger partial charge >= 0.3 is 12.1 Å². The van der Waals surface area contributed by atoms with Crippen molar-refractivity contribution in [3.05, 3.63) is 124 Å². The van der Waals surface area contributed by atoms with Crippen molar-refractivity contribution in [1.82, 2.24) is 35.3 Å². The van der Waals surface area contributed by atoms with E-state index in [1.54, 1.807) is 102 Å². The van der Waals surface area contributed by atoms with Crippen molar-refractivity contribution in [3.8, 4) is 23.0 Å². The highest BCUT2D eigenvalue weighted by atomic mass is 35.5. The van der Waals surface area contributed by atoms with E-state index in [-0.39, 0.29) is 54.1 Å². The number of hydrogen-bond donors (Lipinski definition) is 2. The third-order valence-electron chi connectivity index (χ3n) is 10.0. The Hall–Kier alpha value is -6.86. The summed E-state index contributed by atoms with van der Waals surface area (Å²) in [5.74, 6) is -1.80. The van der Waals surface area contributed by atoms with E-state index in [4.69, 9.17) is 35.3 Å². The number of carboxylic acid groups (broad SMARTS) is 1. The first-order valence-electron chi connectivity index (χ1n) is 19.8. The molecule has 7 rings (SSSR count). The van der Waals surface area contributed by atoms with Gasteiger partial charge in [0, 0.05) is 6.54 Å². The van der Waals surface area contributed by atoms with E-state index >= 15 is 0 Å². The van der Waals surface area contributed by atoms with Crippen LogP contribution in [0.3, 0.4) is 0 Å². The SMILES string of the molecule is COc1ccc(COc2ccc(C(=O)N(Cc3nnn(C45SC(C(=O)O)CN4C(=O)C5NC(=O)Cc4ccccc4)n3)C(=O)OC(C)(C)C)c(Cl)c2OCc2ccc(OC)cc2)cc1. The summed E-state index contributed by atoms with van der Waals surface area (Å²) < 4.78 is 28.6. The first-order valence-corrected chi connectivity index (χ1v) is 21.1. The van der Waals surface area contributed by atoms with Crippen LogP contribution in [0, 0.1) is 0 Å². The van der Waals surface area contributed by atoms with Crippen LogP contribution < -0.4 is 24.3 Å². The Balaban J connectivity index is 1.19. The van der Waals surface area contributed by atoms with E-state index in [9.17, 15) is 29.1 Å². The van der Waals surface area contributed by atoms with Gasteiger partial charge in [0.25, 0.3) is 11.8 Å². The summed E-state index contributed by atoms with van der Waals surface area (Å²) in [6, 6.07) is 24.9. The molecule has 2 N–H and O–H groups in total. The molecule has 3 atom stereocenters.